The van der Waals surface area contributed by atoms with Crippen LogP contribution in [0, 0.1) is 0 Å². The van der Waals surface area contributed by atoms with Gasteiger partial charge in [0.05, 0.1) is 7.11 Å². The third-order valence-electron chi connectivity index (χ3n) is 4.96. The van der Waals surface area contributed by atoms with Crippen LogP contribution in [0.15, 0.2) is 18.3 Å². The van der Waals surface area contributed by atoms with Gasteiger partial charge in [-0.3, -0.25) is 0 Å². The second kappa shape index (κ2) is 7.20. The molecule has 1 aromatic rings. The van der Waals surface area contributed by atoms with Gasteiger partial charge in [-0.1, -0.05) is 6.07 Å². The van der Waals surface area contributed by atoms with Crippen molar-refractivity contribution in [3.63, 3.8) is 0 Å². The molecule has 2 aliphatic heterocycles. The zero-order chi connectivity index (χ0) is 18.0. The molecular weight excluding hydrogens is 318 g/mol. The van der Waals surface area contributed by atoms with Gasteiger partial charge >= 0.3 is 6.09 Å². The number of carbonyl (C=O) groups is 1. The fourth-order valence-corrected chi connectivity index (χ4v) is 3.95. The van der Waals surface area contributed by atoms with Crippen molar-refractivity contribution in [3.8, 4) is 5.88 Å². The first-order chi connectivity index (χ1) is 11.9. The van der Waals surface area contributed by atoms with Gasteiger partial charge in [-0.25, -0.2) is 9.78 Å². The van der Waals surface area contributed by atoms with E-state index in [1.165, 1.54) is 0 Å². The van der Waals surface area contributed by atoms with E-state index in [0.29, 0.717) is 11.9 Å². The minimum atomic E-state index is -0.442. The zero-order valence-corrected chi connectivity index (χ0v) is 15.6. The number of nitrogens with zero attached hydrogens (tertiary/aromatic N) is 2. The lowest BCUT2D eigenvalue weighted by Crippen LogP contribution is -2.52. The molecule has 2 atom stereocenters. The Morgan fingerprint density at radius 3 is 2.60 bits per heavy atom. The number of methoxy groups -OCH3 is 1. The minimum absolute atomic E-state index is 0.160. The molecule has 0 spiro atoms. The van der Waals surface area contributed by atoms with E-state index in [1.807, 2.05) is 37.8 Å². The highest BCUT2D eigenvalue weighted by Gasteiger charge is 2.44. The van der Waals surface area contributed by atoms with Gasteiger partial charge in [0.15, 0.2) is 0 Å². The molecule has 0 aromatic carbocycles. The highest BCUT2D eigenvalue weighted by molar-refractivity contribution is 5.69. The van der Waals surface area contributed by atoms with Crippen LogP contribution in [-0.4, -0.2) is 46.8 Å². The monoisotopic (exact) mass is 347 g/mol. The van der Waals surface area contributed by atoms with Crippen LogP contribution in [0.1, 0.15) is 52.0 Å². The van der Waals surface area contributed by atoms with Crippen LogP contribution >= 0.6 is 0 Å². The normalized spacial score (nSPS) is 25.8. The van der Waals surface area contributed by atoms with Gasteiger partial charge in [-0.2, -0.15) is 0 Å². The number of ether oxygens (including phenoxy) is 2. The zero-order valence-electron chi connectivity index (χ0n) is 15.6. The maximum atomic E-state index is 12.5. The number of carbonyl (C=O) groups excluding carboxylic acids is 1. The summed E-state index contributed by atoms with van der Waals surface area (Å²) in [4.78, 5) is 18.7. The first-order valence-electron chi connectivity index (χ1n) is 9.10. The molecule has 2 saturated heterocycles. The lowest BCUT2D eigenvalue weighted by Gasteiger charge is -2.39. The lowest BCUT2D eigenvalue weighted by atomic mass is 9.97. The van der Waals surface area contributed by atoms with Crippen LogP contribution in [0.2, 0.25) is 0 Å². The molecule has 0 radical (unpaired) electrons. The van der Waals surface area contributed by atoms with E-state index < -0.39 is 5.60 Å². The molecule has 0 aliphatic carbocycles. The predicted molar refractivity (Wildman–Crippen MR) is 95.5 cm³/mol. The number of nitrogens with one attached hydrogen (secondary N) is 1. The van der Waals surface area contributed by atoms with Crippen molar-refractivity contribution in [1.82, 2.24) is 15.2 Å². The van der Waals surface area contributed by atoms with Gasteiger partial charge in [0.2, 0.25) is 5.88 Å². The van der Waals surface area contributed by atoms with Crippen LogP contribution in [-0.2, 0) is 11.3 Å². The van der Waals surface area contributed by atoms with Crippen molar-refractivity contribution in [2.75, 3.05) is 7.11 Å². The van der Waals surface area contributed by atoms with Crippen molar-refractivity contribution >= 4 is 6.09 Å². The molecule has 0 saturated carbocycles. The molecule has 2 aliphatic rings. The molecule has 3 rings (SSSR count). The summed E-state index contributed by atoms with van der Waals surface area (Å²) in [7, 11) is 1.64. The molecule has 138 valence electrons. The molecule has 3 heterocycles. The van der Waals surface area contributed by atoms with E-state index in [2.05, 4.69) is 10.3 Å². The summed E-state index contributed by atoms with van der Waals surface area (Å²) in [6.07, 6.45) is 5.65. The summed E-state index contributed by atoms with van der Waals surface area (Å²) < 4.78 is 10.9. The first-order valence-corrected chi connectivity index (χ1v) is 9.10. The highest BCUT2D eigenvalue weighted by Crippen LogP contribution is 2.37. The SMILES string of the molecule is COc1ncccc1CNC1CC2CCC(C1)N2C(=O)OC(C)(C)C. The van der Waals surface area contributed by atoms with E-state index in [0.717, 1.165) is 37.8 Å². The molecular formula is C19H29N3O3. The van der Waals surface area contributed by atoms with E-state index in [1.54, 1.807) is 13.3 Å². The maximum Gasteiger partial charge on any atom is 0.410 e. The van der Waals surface area contributed by atoms with E-state index >= 15 is 0 Å². The Morgan fingerprint density at radius 1 is 1.32 bits per heavy atom. The summed E-state index contributed by atoms with van der Waals surface area (Å²) in [6.45, 7) is 6.49. The molecule has 6 nitrogen and oxygen atoms in total. The molecule has 1 amide bonds. The van der Waals surface area contributed by atoms with Crippen molar-refractivity contribution in [2.45, 2.75) is 76.7 Å². The average molecular weight is 347 g/mol. The number of aromatic nitrogens is 1. The van der Waals surface area contributed by atoms with E-state index in [9.17, 15) is 4.79 Å². The number of hydrogen-bond donors (Lipinski definition) is 1. The van der Waals surface area contributed by atoms with Gasteiger partial charge in [-0.15, -0.1) is 0 Å². The lowest BCUT2D eigenvalue weighted by molar-refractivity contribution is 0.00466. The number of piperidine rings is 1. The Labute approximate surface area is 149 Å². The van der Waals surface area contributed by atoms with Crippen molar-refractivity contribution in [2.24, 2.45) is 0 Å². The van der Waals surface area contributed by atoms with Crippen LogP contribution in [0.25, 0.3) is 0 Å². The smallest absolute Gasteiger partial charge is 0.410 e. The fourth-order valence-electron chi connectivity index (χ4n) is 3.95. The van der Waals surface area contributed by atoms with Crippen LogP contribution in [0.5, 0.6) is 5.88 Å². The molecule has 2 bridgehead atoms. The molecule has 25 heavy (non-hydrogen) atoms. The Morgan fingerprint density at radius 2 is 2.00 bits per heavy atom. The Bertz CT molecular complexity index is 600. The topological polar surface area (TPSA) is 63.7 Å². The Hall–Kier alpha value is -1.82. The summed E-state index contributed by atoms with van der Waals surface area (Å²) >= 11 is 0. The summed E-state index contributed by atoms with van der Waals surface area (Å²) in [5.74, 6) is 0.671. The molecule has 1 N–H and O–H groups in total. The molecule has 2 fully saturated rings. The van der Waals surface area contributed by atoms with Crippen molar-refractivity contribution < 1.29 is 14.3 Å². The van der Waals surface area contributed by atoms with Crippen molar-refractivity contribution in [3.05, 3.63) is 23.9 Å². The third-order valence-corrected chi connectivity index (χ3v) is 4.96. The second-order valence-corrected chi connectivity index (χ2v) is 7.99. The number of fused-ring (bicyclic) bond motifs is 2. The second-order valence-electron chi connectivity index (χ2n) is 7.99. The predicted octanol–water partition coefficient (Wildman–Crippen LogP) is 3.11. The van der Waals surface area contributed by atoms with Gasteiger partial charge in [0.25, 0.3) is 0 Å². The maximum absolute atomic E-state index is 12.5. The minimum Gasteiger partial charge on any atom is -0.481 e. The molecule has 6 heteroatoms. The molecule has 2 unspecified atom stereocenters. The van der Waals surface area contributed by atoms with E-state index in [-0.39, 0.29) is 18.2 Å². The largest absolute Gasteiger partial charge is 0.481 e. The summed E-state index contributed by atoms with van der Waals surface area (Å²) in [6, 6.07) is 4.92. The summed E-state index contributed by atoms with van der Waals surface area (Å²) in [5, 5.41) is 3.62. The van der Waals surface area contributed by atoms with Crippen LogP contribution < -0.4 is 10.1 Å². The summed E-state index contributed by atoms with van der Waals surface area (Å²) in [5.41, 5.74) is 0.620. The number of hydrogen-bond acceptors (Lipinski definition) is 5. The fraction of sp³-hybridized carbons (Fsp3) is 0.684. The first kappa shape index (κ1) is 18.0. The Balaban J connectivity index is 1.58. The van der Waals surface area contributed by atoms with E-state index in [4.69, 9.17) is 9.47 Å². The molecule has 1 aromatic heterocycles. The standard InChI is InChI=1S/C19H29N3O3/c1-19(2,3)25-18(23)22-15-7-8-16(22)11-14(10-15)21-12-13-6-5-9-20-17(13)24-4/h5-6,9,14-16,21H,7-8,10-12H2,1-4H3. The Kier molecular flexibility index (Phi) is 5.18. The van der Waals surface area contributed by atoms with Crippen molar-refractivity contribution in [1.29, 1.82) is 0 Å². The van der Waals surface area contributed by atoms with Gasteiger partial charge in [0.1, 0.15) is 5.60 Å². The van der Waals surface area contributed by atoms with Gasteiger partial charge in [0, 0.05) is 36.4 Å². The van der Waals surface area contributed by atoms with Gasteiger partial charge in [-0.05, 0) is 52.5 Å². The van der Waals surface area contributed by atoms with Crippen LogP contribution in [0.3, 0.4) is 0 Å². The van der Waals surface area contributed by atoms with Crippen LogP contribution in [0.4, 0.5) is 4.79 Å². The number of pyridine rings is 1. The average Bonchev–Trinajstić information content (AvgIpc) is 2.83. The van der Waals surface area contributed by atoms with Gasteiger partial charge < -0.3 is 19.7 Å². The third kappa shape index (κ3) is 4.24. The highest BCUT2D eigenvalue weighted by atomic mass is 16.6. The number of rotatable bonds is 4. The number of amides is 1. The quantitative estimate of drug-likeness (QED) is 0.907.